The van der Waals surface area contributed by atoms with Crippen LogP contribution in [0.2, 0.25) is 0 Å². The van der Waals surface area contributed by atoms with Gasteiger partial charge in [0.05, 0.1) is 16.2 Å². The van der Waals surface area contributed by atoms with E-state index in [-0.39, 0.29) is 16.2 Å². The first-order valence-electron chi connectivity index (χ1n) is 5.99. The molecule has 0 radical (unpaired) electrons. The van der Waals surface area contributed by atoms with Crippen LogP contribution in [-0.2, 0) is 14.6 Å². The van der Waals surface area contributed by atoms with Gasteiger partial charge >= 0.3 is 5.97 Å². The molecule has 20 heavy (non-hydrogen) atoms. The van der Waals surface area contributed by atoms with Crippen molar-refractivity contribution in [3.63, 3.8) is 0 Å². The Kier molecular flexibility index (Phi) is 4.54. The van der Waals surface area contributed by atoms with E-state index in [0.717, 1.165) is 0 Å². The van der Waals surface area contributed by atoms with E-state index in [1.165, 1.54) is 45.0 Å². The number of carbonyl (C=O) groups is 2. The van der Waals surface area contributed by atoms with Gasteiger partial charge in [-0.05, 0) is 26.0 Å². The normalized spacial score (nSPS) is 11.9. The molecule has 0 heterocycles. The van der Waals surface area contributed by atoms with Gasteiger partial charge in [0.15, 0.2) is 9.84 Å². The van der Waals surface area contributed by atoms with Gasteiger partial charge in [-0.2, -0.15) is 0 Å². The number of carbonyl (C=O) groups excluding carboxylic acids is 1. The Morgan fingerprint density at radius 2 is 1.80 bits per heavy atom. The molecule has 0 aromatic heterocycles. The zero-order chi connectivity index (χ0) is 15.6. The van der Waals surface area contributed by atoms with Crippen LogP contribution in [0.4, 0.5) is 0 Å². The fraction of sp³-hybridized carbons (Fsp3) is 0.385. The monoisotopic (exact) mass is 299 g/mol. The number of carboxylic acid groups (broad SMARTS) is 1. The van der Waals surface area contributed by atoms with Crippen molar-refractivity contribution in [1.82, 2.24) is 5.32 Å². The number of hydrogen-bond donors (Lipinski definition) is 2. The number of benzene rings is 1. The molecular weight excluding hydrogens is 282 g/mol. The van der Waals surface area contributed by atoms with Gasteiger partial charge in [0.25, 0.3) is 5.91 Å². The summed E-state index contributed by atoms with van der Waals surface area (Å²) in [6.45, 7) is 4.12. The SMILES string of the molecule is CCS(=O)(=O)c1ccccc1C(=O)NC(C)(C)C(=O)O. The molecule has 1 rings (SSSR count). The Labute approximate surface area is 117 Å². The molecule has 0 saturated heterocycles. The number of amides is 1. The summed E-state index contributed by atoms with van der Waals surface area (Å²) in [5.74, 6) is -2.08. The highest BCUT2D eigenvalue weighted by molar-refractivity contribution is 7.91. The molecule has 0 aliphatic carbocycles. The van der Waals surface area contributed by atoms with Crippen LogP contribution >= 0.6 is 0 Å². The Balaban J connectivity index is 3.22. The molecule has 0 saturated carbocycles. The summed E-state index contributed by atoms with van der Waals surface area (Å²) in [5, 5.41) is 11.3. The predicted molar refractivity (Wildman–Crippen MR) is 73.3 cm³/mol. The van der Waals surface area contributed by atoms with Gasteiger partial charge in [-0.15, -0.1) is 0 Å². The van der Waals surface area contributed by atoms with E-state index in [1.54, 1.807) is 0 Å². The van der Waals surface area contributed by atoms with Crippen molar-refractivity contribution in [2.24, 2.45) is 0 Å². The van der Waals surface area contributed by atoms with E-state index in [9.17, 15) is 18.0 Å². The summed E-state index contributed by atoms with van der Waals surface area (Å²) in [6, 6.07) is 5.73. The minimum Gasteiger partial charge on any atom is -0.480 e. The maximum atomic E-state index is 12.1. The van der Waals surface area contributed by atoms with Crippen LogP contribution in [0.5, 0.6) is 0 Å². The summed E-state index contributed by atoms with van der Waals surface area (Å²) < 4.78 is 23.9. The van der Waals surface area contributed by atoms with Crippen LogP contribution in [0.25, 0.3) is 0 Å². The number of nitrogens with one attached hydrogen (secondary N) is 1. The van der Waals surface area contributed by atoms with Crippen LogP contribution in [0.1, 0.15) is 31.1 Å². The molecule has 7 heteroatoms. The van der Waals surface area contributed by atoms with Crippen molar-refractivity contribution in [2.75, 3.05) is 5.75 Å². The standard InChI is InChI=1S/C13H17NO5S/c1-4-20(18,19)10-8-6-5-7-9(10)11(15)14-13(2,3)12(16)17/h5-8H,4H2,1-3H3,(H,14,15)(H,16,17). The van der Waals surface area contributed by atoms with Crippen LogP contribution in [0.3, 0.4) is 0 Å². The smallest absolute Gasteiger partial charge is 0.328 e. The molecule has 0 spiro atoms. The zero-order valence-corrected chi connectivity index (χ0v) is 12.3. The molecular formula is C13H17NO5S. The molecule has 0 aliphatic rings. The van der Waals surface area contributed by atoms with E-state index in [2.05, 4.69) is 5.32 Å². The zero-order valence-electron chi connectivity index (χ0n) is 11.5. The van der Waals surface area contributed by atoms with E-state index in [4.69, 9.17) is 5.11 Å². The summed E-state index contributed by atoms with van der Waals surface area (Å²) in [6.07, 6.45) is 0. The van der Waals surface area contributed by atoms with E-state index < -0.39 is 27.3 Å². The lowest BCUT2D eigenvalue weighted by molar-refractivity contribution is -0.143. The van der Waals surface area contributed by atoms with Crippen LogP contribution < -0.4 is 5.32 Å². The van der Waals surface area contributed by atoms with Gasteiger partial charge < -0.3 is 10.4 Å². The Morgan fingerprint density at radius 3 is 2.30 bits per heavy atom. The third-order valence-electron chi connectivity index (χ3n) is 2.81. The summed E-state index contributed by atoms with van der Waals surface area (Å²) in [5.41, 5.74) is -1.54. The van der Waals surface area contributed by atoms with Crippen molar-refractivity contribution >= 4 is 21.7 Å². The van der Waals surface area contributed by atoms with Crippen molar-refractivity contribution in [3.05, 3.63) is 29.8 Å². The summed E-state index contributed by atoms with van der Waals surface area (Å²) >= 11 is 0. The van der Waals surface area contributed by atoms with Gasteiger partial charge in [0.2, 0.25) is 0 Å². The van der Waals surface area contributed by atoms with Crippen LogP contribution in [0.15, 0.2) is 29.2 Å². The van der Waals surface area contributed by atoms with Crippen LogP contribution in [-0.4, -0.2) is 36.7 Å². The maximum absolute atomic E-state index is 12.1. The van der Waals surface area contributed by atoms with Crippen molar-refractivity contribution < 1.29 is 23.1 Å². The second kappa shape index (κ2) is 5.62. The number of carboxylic acids is 1. The Bertz CT molecular complexity index is 634. The second-order valence-electron chi connectivity index (χ2n) is 4.78. The first-order valence-corrected chi connectivity index (χ1v) is 7.64. The average molecular weight is 299 g/mol. The molecule has 0 bridgehead atoms. The number of hydrogen-bond acceptors (Lipinski definition) is 4. The summed E-state index contributed by atoms with van der Waals surface area (Å²) in [7, 11) is -3.56. The van der Waals surface area contributed by atoms with E-state index >= 15 is 0 Å². The fourth-order valence-electron chi connectivity index (χ4n) is 1.49. The lowest BCUT2D eigenvalue weighted by Crippen LogP contribution is -2.49. The highest BCUT2D eigenvalue weighted by Gasteiger charge is 2.31. The van der Waals surface area contributed by atoms with Gasteiger partial charge in [0.1, 0.15) is 5.54 Å². The first kappa shape index (κ1) is 16.2. The fourth-order valence-corrected chi connectivity index (χ4v) is 2.58. The highest BCUT2D eigenvalue weighted by Crippen LogP contribution is 2.18. The third-order valence-corrected chi connectivity index (χ3v) is 4.59. The molecule has 0 atom stereocenters. The van der Waals surface area contributed by atoms with E-state index in [1.807, 2.05) is 0 Å². The minimum atomic E-state index is -3.56. The lowest BCUT2D eigenvalue weighted by Gasteiger charge is -2.21. The summed E-state index contributed by atoms with van der Waals surface area (Å²) in [4.78, 5) is 23.0. The number of rotatable bonds is 5. The predicted octanol–water partition coefficient (Wildman–Crippen LogP) is 1.07. The molecule has 0 unspecified atom stereocenters. The number of aliphatic carboxylic acids is 1. The van der Waals surface area contributed by atoms with Gasteiger partial charge in [0, 0.05) is 0 Å². The first-order chi connectivity index (χ1) is 9.12. The van der Waals surface area contributed by atoms with Crippen molar-refractivity contribution in [3.8, 4) is 0 Å². The molecule has 110 valence electrons. The minimum absolute atomic E-state index is 0.0522. The lowest BCUT2D eigenvalue weighted by atomic mass is 10.1. The maximum Gasteiger partial charge on any atom is 0.328 e. The van der Waals surface area contributed by atoms with Gasteiger partial charge in [-0.25, -0.2) is 13.2 Å². The molecule has 2 N–H and O–H groups in total. The van der Waals surface area contributed by atoms with E-state index in [0.29, 0.717) is 0 Å². The van der Waals surface area contributed by atoms with Crippen molar-refractivity contribution in [2.45, 2.75) is 31.2 Å². The molecule has 0 fully saturated rings. The van der Waals surface area contributed by atoms with Crippen molar-refractivity contribution in [1.29, 1.82) is 0 Å². The Hall–Kier alpha value is -1.89. The largest absolute Gasteiger partial charge is 0.480 e. The average Bonchev–Trinajstić information content (AvgIpc) is 2.38. The number of sulfone groups is 1. The van der Waals surface area contributed by atoms with Gasteiger partial charge in [-0.1, -0.05) is 19.1 Å². The topological polar surface area (TPSA) is 101 Å². The molecule has 1 amide bonds. The quantitative estimate of drug-likeness (QED) is 0.847. The molecule has 0 aliphatic heterocycles. The molecule has 1 aromatic rings. The Morgan fingerprint density at radius 1 is 1.25 bits per heavy atom. The van der Waals surface area contributed by atoms with Gasteiger partial charge in [-0.3, -0.25) is 4.79 Å². The molecule has 1 aromatic carbocycles. The highest BCUT2D eigenvalue weighted by atomic mass is 32.2. The molecule has 6 nitrogen and oxygen atoms in total. The second-order valence-corrected chi connectivity index (χ2v) is 7.03. The third kappa shape index (κ3) is 3.36. The van der Waals surface area contributed by atoms with Crippen LogP contribution in [0, 0.1) is 0 Å².